The first-order valence-corrected chi connectivity index (χ1v) is 7.24. The first-order valence-electron chi connectivity index (χ1n) is 7.24. The minimum atomic E-state index is -1.01. The summed E-state index contributed by atoms with van der Waals surface area (Å²) in [5.74, 6) is -0.245. The second kappa shape index (κ2) is 6.08. The molecule has 1 fully saturated rings. The maximum atomic E-state index is 12.1. The molecule has 22 heavy (non-hydrogen) atoms. The summed E-state index contributed by atoms with van der Waals surface area (Å²) in [6, 6.07) is 5.22. The van der Waals surface area contributed by atoms with Crippen molar-refractivity contribution in [1.82, 2.24) is 5.32 Å². The van der Waals surface area contributed by atoms with Gasteiger partial charge in [0.05, 0.1) is 31.9 Å². The predicted molar refractivity (Wildman–Crippen MR) is 79.4 cm³/mol. The molecule has 0 saturated carbocycles. The van der Waals surface area contributed by atoms with Crippen molar-refractivity contribution in [3.05, 3.63) is 35.6 Å². The molecule has 1 amide bonds. The number of nitrogens with one attached hydrogen (secondary N) is 1. The van der Waals surface area contributed by atoms with Gasteiger partial charge in [-0.2, -0.15) is 0 Å². The van der Waals surface area contributed by atoms with Gasteiger partial charge in [0.1, 0.15) is 17.8 Å². The van der Waals surface area contributed by atoms with E-state index in [1.807, 2.05) is 25.1 Å². The van der Waals surface area contributed by atoms with Crippen LogP contribution in [-0.2, 0) is 16.0 Å². The Morgan fingerprint density at radius 3 is 3.00 bits per heavy atom. The summed E-state index contributed by atoms with van der Waals surface area (Å²) in [7, 11) is 0. The van der Waals surface area contributed by atoms with Crippen molar-refractivity contribution in [1.29, 1.82) is 0 Å². The van der Waals surface area contributed by atoms with E-state index in [4.69, 9.17) is 9.15 Å². The number of ether oxygens (including phenoxy) is 1. The highest BCUT2D eigenvalue weighted by atomic mass is 16.5. The largest absolute Gasteiger partial charge is 0.464 e. The normalized spacial score (nSPS) is 25.3. The van der Waals surface area contributed by atoms with Crippen LogP contribution in [0, 0.1) is 6.92 Å². The van der Waals surface area contributed by atoms with Gasteiger partial charge in [-0.25, -0.2) is 0 Å². The van der Waals surface area contributed by atoms with Gasteiger partial charge in [0, 0.05) is 10.9 Å². The van der Waals surface area contributed by atoms with Gasteiger partial charge < -0.3 is 24.7 Å². The van der Waals surface area contributed by atoms with E-state index < -0.39 is 18.2 Å². The Balaban J connectivity index is 1.68. The molecule has 118 valence electrons. The molecule has 1 aliphatic rings. The Kier molecular flexibility index (Phi) is 4.15. The summed E-state index contributed by atoms with van der Waals surface area (Å²) >= 11 is 0. The van der Waals surface area contributed by atoms with Crippen LogP contribution in [0.1, 0.15) is 11.1 Å². The Bertz CT molecular complexity index is 680. The molecular weight excluding hydrogens is 286 g/mol. The van der Waals surface area contributed by atoms with Crippen LogP contribution in [0.2, 0.25) is 0 Å². The molecule has 1 aromatic heterocycles. The van der Waals surface area contributed by atoms with E-state index in [0.29, 0.717) is 0 Å². The van der Waals surface area contributed by atoms with Crippen molar-refractivity contribution >= 4 is 16.9 Å². The van der Waals surface area contributed by atoms with E-state index in [1.54, 1.807) is 6.26 Å². The van der Waals surface area contributed by atoms with E-state index in [9.17, 15) is 15.0 Å². The standard InChI is InChI=1S/C16H19NO5/c1-9-2-3-11-10(6-22-14(11)4-9)5-15(19)17-12-7-21-8-13(18)16(12)20/h2-4,6,12-13,16,18,20H,5,7-8H2,1H3,(H,17,19)/t12-,13-,16+/m1/s1. The molecule has 0 unspecified atom stereocenters. The third kappa shape index (κ3) is 2.99. The van der Waals surface area contributed by atoms with Crippen LogP contribution in [0.3, 0.4) is 0 Å². The smallest absolute Gasteiger partial charge is 0.224 e. The second-order valence-corrected chi connectivity index (χ2v) is 5.71. The van der Waals surface area contributed by atoms with Crippen LogP contribution in [0.5, 0.6) is 0 Å². The molecule has 1 aromatic carbocycles. The quantitative estimate of drug-likeness (QED) is 0.769. The van der Waals surface area contributed by atoms with Gasteiger partial charge in [-0.05, 0) is 18.6 Å². The van der Waals surface area contributed by atoms with Crippen molar-refractivity contribution in [2.45, 2.75) is 31.6 Å². The zero-order chi connectivity index (χ0) is 15.7. The number of aliphatic hydroxyl groups excluding tert-OH is 2. The average molecular weight is 305 g/mol. The number of hydrogen-bond acceptors (Lipinski definition) is 5. The molecule has 3 N–H and O–H groups in total. The summed E-state index contributed by atoms with van der Waals surface area (Å²) in [5, 5.41) is 23.0. The highest BCUT2D eigenvalue weighted by Gasteiger charge is 2.32. The monoisotopic (exact) mass is 305 g/mol. The number of carbonyl (C=O) groups is 1. The van der Waals surface area contributed by atoms with Crippen molar-refractivity contribution in [3.63, 3.8) is 0 Å². The summed E-state index contributed by atoms with van der Waals surface area (Å²) in [6.45, 7) is 2.25. The number of benzene rings is 1. The lowest BCUT2D eigenvalue weighted by Crippen LogP contribution is -2.56. The number of furan rings is 1. The zero-order valence-electron chi connectivity index (χ0n) is 12.3. The second-order valence-electron chi connectivity index (χ2n) is 5.71. The fourth-order valence-corrected chi connectivity index (χ4v) is 2.67. The number of aryl methyl sites for hydroxylation is 1. The molecule has 2 aromatic rings. The molecule has 6 heteroatoms. The molecule has 0 spiro atoms. The van der Waals surface area contributed by atoms with Crippen LogP contribution in [0.25, 0.3) is 11.0 Å². The van der Waals surface area contributed by atoms with Crippen molar-refractivity contribution in [3.8, 4) is 0 Å². The fraction of sp³-hybridized carbons (Fsp3) is 0.438. The number of hydrogen-bond donors (Lipinski definition) is 3. The third-order valence-electron chi connectivity index (χ3n) is 3.90. The molecule has 3 rings (SSSR count). The molecule has 6 nitrogen and oxygen atoms in total. The lowest BCUT2D eigenvalue weighted by atomic mass is 10.0. The van der Waals surface area contributed by atoms with Crippen LogP contribution in [-0.4, -0.2) is 47.6 Å². The number of rotatable bonds is 3. The van der Waals surface area contributed by atoms with Crippen molar-refractivity contribution in [2.24, 2.45) is 0 Å². The minimum Gasteiger partial charge on any atom is -0.464 e. The average Bonchev–Trinajstić information content (AvgIpc) is 2.86. The topological polar surface area (TPSA) is 91.9 Å². The van der Waals surface area contributed by atoms with Gasteiger partial charge in [0.15, 0.2) is 0 Å². The molecule has 0 radical (unpaired) electrons. The Labute approximate surface area is 127 Å². The van der Waals surface area contributed by atoms with E-state index >= 15 is 0 Å². The van der Waals surface area contributed by atoms with Crippen LogP contribution in [0.15, 0.2) is 28.9 Å². The van der Waals surface area contributed by atoms with Crippen LogP contribution >= 0.6 is 0 Å². The Hall–Kier alpha value is -1.89. The maximum absolute atomic E-state index is 12.1. The lowest BCUT2D eigenvalue weighted by molar-refractivity contribution is -0.131. The third-order valence-corrected chi connectivity index (χ3v) is 3.90. The van der Waals surface area contributed by atoms with Crippen molar-refractivity contribution in [2.75, 3.05) is 13.2 Å². The van der Waals surface area contributed by atoms with Crippen LogP contribution in [0.4, 0.5) is 0 Å². The molecule has 1 aliphatic heterocycles. The Morgan fingerprint density at radius 1 is 1.36 bits per heavy atom. The maximum Gasteiger partial charge on any atom is 0.224 e. The van der Waals surface area contributed by atoms with Gasteiger partial charge in [-0.1, -0.05) is 12.1 Å². The number of amides is 1. The number of fused-ring (bicyclic) bond motifs is 1. The van der Waals surface area contributed by atoms with Gasteiger partial charge in [0.2, 0.25) is 5.91 Å². The minimum absolute atomic E-state index is 0.0826. The van der Waals surface area contributed by atoms with Gasteiger partial charge >= 0.3 is 0 Å². The molecular formula is C16H19NO5. The molecule has 0 aliphatic carbocycles. The fourth-order valence-electron chi connectivity index (χ4n) is 2.67. The Morgan fingerprint density at radius 2 is 2.18 bits per heavy atom. The molecule has 2 heterocycles. The van der Waals surface area contributed by atoms with Gasteiger partial charge in [-0.15, -0.1) is 0 Å². The number of aliphatic hydroxyl groups is 2. The predicted octanol–water partition coefficient (Wildman–Crippen LogP) is 0.521. The lowest BCUT2D eigenvalue weighted by Gasteiger charge is -2.32. The van der Waals surface area contributed by atoms with E-state index in [-0.39, 0.29) is 25.5 Å². The summed E-state index contributed by atoms with van der Waals surface area (Å²) in [6.07, 6.45) is -0.264. The highest BCUT2D eigenvalue weighted by Crippen LogP contribution is 2.22. The SMILES string of the molecule is Cc1ccc2c(CC(=O)N[C@@H]3COC[C@@H](O)[C@H]3O)coc2c1. The van der Waals surface area contributed by atoms with E-state index in [2.05, 4.69) is 5.32 Å². The zero-order valence-corrected chi connectivity index (χ0v) is 12.3. The molecule has 3 atom stereocenters. The summed E-state index contributed by atoms with van der Waals surface area (Å²) < 4.78 is 10.6. The van der Waals surface area contributed by atoms with Crippen LogP contribution < -0.4 is 5.32 Å². The van der Waals surface area contributed by atoms with Gasteiger partial charge in [0.25, 0.3) is 0 Å². The molecule has 0 bridgehead atoms. The summed E-state index contributed by atoms with van der Waals surface area (Å²) in [4.78, 5) is 12.1. The molecule has 1 saturated heterocycles. The first kappa shape index (κ1) is 15.0. The van der Waals surface area contributed by atoms with E-state index in [1.165, 1.54) is 0 Å². The van der Waals surface area contributed by atoms with Crippen molar-refractivity contribution < 1.29 is 24.2 Å². The first-order chi connectivity index (χ1) is 10.5. The van der Waals surface area contributed by atoms with E-state index in [0.717, 1.165) is 22.1 Å². The highest BCUT2D eigenvalue weighted by molar-refractivity contribution is 5.88. The summed E-state index contributed by atoms with van der Waals surface area (Å²) in [5.41, 5.74) is 2.63. The van der Waals surface area contributed by atoms with Gasteiger partial charge in [-0.3, -0.25) is 4.79 Å². The number of carbonyl (C=O) groups excluding carboxylic acids is 1.